The second-order valence-corrected chi connectivity index (χ2v) is 6.60. The maximum Gasteiger partial charge on any atom is 0.163 e. The van der Waals surface area contributed by atoms with Crippen LogP contribution < -0.4 is 4.90 Å². The highest BCUT2D eigenvalue weighted by molar-refractivity contribution is 5.86. The van der Waals surface area contributed by atoms with Crippen molar-refractivity contribution in [2.24, 2.45) is 7.05 Å². The summed E-state index contributed by atoms with van der Waals surface area (Å²) in [6.07, 6.45) is 7.43. The summed E-state index contributed by atoms with van der Waals surface area (Å²) in [7, 11) is 1.91. The van der Waals surface area contributed by atoms with E-state index in [0.29, 0.717) is 6.04 Å². The van der Waals surface area contributed by atoms with Crippen molar-refractivity contribution in [3.63, 3.8) is 0 Å². The second-order valence-electron chi connectivity index (χ2n) is 6.60. The van der Waals surface area contributed by atoms with Crippen LogP contribution in [0.25, 0.3) is 11.0 Å². The van der Waals surface area contributed by atoms with Crippen molar-refractivity contribution in [3.8, 4) is 0 Å². The number of fused-ring (bicyclic) bond motifs is 1. The maximum atomic E-state index is 4.53. The minimum Gasteiger partial charge on any atom is -0.353 e. The fourth-order valence-corrected chi connectivity index (χ4v) is 3.59. The summed E-state index contributed by atoms with van der Waals surface area (Å²) < 4.78 is 4.01. The molecule has 0 spiro atoms. The van der Waals surface area contributed by atoms with E-state index in [1.807, 2.05) is 19.4 Å². The van der Waals surface area contributed by atoms with Crippen molar-refractivity contribution in [3.05, 3.63) is 30.7 Å². The van der Waals surface area contributed by atoms with Crippen molar-refractivity contribution < 1.29 is 0 Å². The Morgan fingerprint density at radius 1 is 1.20 bits per heavy atom. The second kappa shape index (κ2) is 6.44. The molecule has 1 atom stereocenters. The van der Waals surface area contributed by atoms with Crippen LogP contribution in [0.3, 0.4) is 0 Å². The molecule has 4 rings (SSSR count). The van der Waals surface area contributed by atoms with E-state index in [2.05, 4.69) is 54.5 Å². The van der Waals surface area contributed by atoms with Gasteiger partial charge < -0.3 is 9.47 Å². The van der Waals surface area contributed by atoms with Crippen LogP contribution in [0, 0.1) is 0 Å². The molecule has 25 heavy (non-hydrogen) atoms. The van der Waals surface area contributed by atoms with Crippen molar-refractivity contribution in [1.82, 2.24) is 34.2 Å². The molecule has 1 aliphatic heterocycles. The molecule has 1 aliphatic rings. The molecule has 8 nitrogen and oxygen atoms in total. The molecule has 3 aromatic heterocycles. The highest BCUT2D eigenvalue weighted by Gasteiger charge is 2.27. The van der Waals surface area contributed by atoms with Gasteiger partial charge in [-0.15, -0.1) is 0 Å². The predicted octanol–water partition coefficient (Wildman–Crippen LogP) is 1.29. The van der Waals surface area contributed by atoms with Gasteiger partial charge in [0.05, 0.1) is 18.1 Å². The van der Waals surface area contributed by atoms with Crippen molar-refractivity contribution in [1.29, 1.82) is 0 Å². The summed E-state index contributed by atoms with van der Waals surface area (Å²) in [6, 6.07) is 0.428. The van der Waals surface area contributed by atoms with E-state index in [1.165, 1.54) is 0 Å². The molecule has 1 unspecified atom stereocenters. The molecule has 4 heterocycles. The summed E-state index contributed by atoms with van der Waals surface area (Å²) in [5, 5.41) is 5.34. The largest absolute Gasteiger partial charge is 0.353 e. The summed E-state index contributed by atoms with van der Waals surface area (Å²) in [5.41, 5.74) is 0.880. The molecule has 0 aliphatic carbocycles. The van der Waals surface area contributed by atoms with Gasteiger partial charge in [-0.2, -0.15) is 5.10 Å². The van der Waals surface area contributed by atoms with Crippen LogP contribution in [0.2, 0.25) is 0 Å². The van der Waals surface area contributed by atoms with Crippen LogP contribution in [-0.4, -0.2) is 59.9 Å². The van der Waals surface area contributed by atoms with Gasteiger partial charge in [-0.25, -0.2) is 15.0 Å². The molecule has 132 valence electrons. The maximum absolute atomic E-state index is 4.53. The van der Waals surface area contributed by atoms with Gasteiger partial charge >= 0.3 is 0 Å². The Morgan fingerprint density at radius 3 is 2.88 bits per heavy atom. The van der Waals surface area contributed by atoms with Crippen molar-refractivity contribution in [2.45, 2.75) is 33.0 Å². The van der Waals surface area contributed by atoms with Gasteiger partial charge in [0.1, 0.15) is 18.0 Å². The Balaban J connectivity index is 1.51. The topological polar surface area (TPSA) is 67.9 Å². The van der Waals surface area contributed by atoms with Gasteiger partial charge in [0.25, 0.3) is 0 Å². The third-order valence-electron chi connectivity index (χ3n) is 5.06. The lowest BCUT2D eigenvalue weighted by Crippen LogP contribution is -2.52. The highest BCUT2D eigenvalue weighted by atomic mass is 15.3. The Hall–Kier alpha value is -2.48. The molecular formula is C17H24N8. The first kappa shape index (κ1) is 16.0. The van der Waals surface area contributed by atoms with Gasteiger partial charge in [0.2, 0.25) is 0 Å². The smallest absolute Gasteiger partial charge is 0.163 e. The molecule has 1 fully saturated rings. The van der Waals surface area contributed by atoms with Crippen LogP contribution in [-0.2, 0) is 20.1 Å². The van der Waals surface area contributed by atoms with Crippen LogP contribution in [0.1, 0.15) is 19.7 Å². The zero-order chi connectivity index (χ0) is 17.4. The van der Waals surface area contributed by atoms with Gasteiger partial charge in [-0.05, 0) is 13.8 Å². The number of nitrogens with zero attached hydrogens (tertiary/aromatic N) is 8. The monoisotopic (exact) mass is 340 g/mol. The number of aryl methyl sites for hydroxylation is 2. The summed E-state index contributed by atoms with van der Waals surface area (Å²) >= 11 is 0. The first-order chi connectivity index (χ1) is 12.2. The average molecular weight is 340 g/mol. The van der Waals surface area contributed by atoms with E-state index in [-0.39, 0.29) is 0 Å². The quantitative estimate of drug-likeness (QED) is 0.713. The van der Waals surface area contributed by atoms with Gasteiger partial charge in [0.15, 0.2) is 5.65 Å². The van der Waals surface area contributed by atoms with E-state index in [9.17, 15) is 0 Å². The molecule has 0 N–H and O–H groups in total. The highest BCUT2D eigenvalue weighted by Crippen LogP contribution is 2.25. The van der Waals surface area contributed by atoms with Gasteiger partial charge in [-0.3, -0.25) is 9.58 Å². The van der Waals surface area contributed by atoms with Gasteiger partial charge in [-0.1, -0.05) is 0 Å². The first-order valence-corrected chi connectivity index (χ1v) is 8.79. The van der Waals surface area contributed by atoms with E-state index >= 15 is 0 Å². The first-order valence-electron chi connectivity index (χ1n) is 8.79. The van der Waals surface area contributed by atoms with Gasteiger partial charge in [0, 0.05) is 51.7 Å². The zero-order valence-electron chi connectivity index (χ0n) is 15.0. The fraction of sp³-hybridized carbons (Fsp3) is 0.529. The zero-order valence-corrected chi connectivity index (χ0v) is 15.0. The predicted molar refractivity (Wildman–Crippen MR) is 96.3 cm³/mol. The lowest BCUT2D eigenvalue weighted by molar-refractivity contribution is 0.174. The molecule has 8 heteroatoms. The molecular weight excluding hydrogens is 316 g/mol. The summed E-state index contributed by atoms with van der Waals surface area (Å²) in [6.45, 7) is 9.15. The summed E-state index contributed by atoms with van der Waals surface area (Å²) in [5.74, 6) is 2.12. The van der Waals surface area contributed by atoms with Crippen molar-refractivity contribution >= 4 is 16.9 Å². The number of imidazole rings is 1. The number of anilines is 1. The van der Waals surface area contributed by atoms with E-state index < -0.39 is 0 Å². The Morgan fingerprint density at radius 2 is 2.08 bits per heavy atom. The van der Waals surface area contributed by atoms with E-state index in [4.69, 9.17) is 0 Å². The molecule has 3 aromatic rings. The van der Waals surface area contributed by atoms with Crippen LogP contribution in [0.5, 0.6) is 0 Å². The number of piperazine rings is 1. The minimum atomic E-state index is 0.428. The molecule has 1 saturated heterocycles. The molecule has 0 saturated carbocycles. The third kappa shape index (κ3) is 2.86. The average Bonchev–Trinajstić information content (AvgIpc) is 3.23. The SMILES string of the molecule is CCn1ccnc1CN1CCN(c2ncnc3c2cnn3C)CC1C. The van der Waals surface area contributed by atoms with Crippen molar-refractivity contribution in [2.75, 3.05) is 24.5 Å². The molecule has 0 aromatic carbocycles. The lowest BCUT2D eigenvalue weighted by atomic mass is 10.2. The summed E-state index contributed by atoms with van der Waals surface area (Å²) in [4.78, 5) is 18.2. The Labute approximate surface area is 147 Å². The molecule has 0 bridgehead atoms. The third-order valence-corrected chi connectivity index (χ3v) is 5.06. The van der Waals surface area contributed by atoms with Crippen LogP contribution in [0.4, 0.5) is 5.82 Å². The number of rotatable bonds is 4. The van der Waals surface area contributed by atoms with Crippen LogP contribution >= 0.6 is 0 Å². The minimum absolute atomic E-state index is 0.428. The van der Waals surface area contributed by atoms with E-state index in [1.54, 1.807) is 11.0 Å². The molecule has 0 radical (unpaired) electrons. The molecule has 0 amide bonds. The fourth-order valence-electron chi connectivity index (χ4n) is 3.59. The Kier molecular flexibility index (Phi) is 4.12. The lowest BCUT2D eigenvalue weighted by Gasteiger charge is -2.40. The number of hydrogen-bond donors (Lipinski definition) is 0. The number of hydrogen-bond acceptors (Lipinski definition) is 6. The Bertz CT molecular complexity index is 867. The number of aromatic nitrogens is 6. The normalized spacial score (nSPS) is 19.0. The van der Waals surface area contributed by atoms with E-state index in [0.717, 1.165) is 55.4 Å². The van der Waals surface area contributed by atoms with Crippen LogP contribution in [0.15, 0.2) is 24.9 Å². The standard InChI is InChI=1S/C17H24N8/c1-4-23-6-5-18-15(23)11-24-7-8-25(10-13(24)2)17-14-9-21-22(3)16(14)19-12-20-17/h5-6,9,12-13H,4,7-8,10-11H2,1-3H3.